The Morgan fingerprint density at radius 2 is 1.52 bits per heavy atom. The largest absolute Gasteiger partial charge is 0.404 e. The first-order chi connectivity index (χ1) is 20.9. The number of fused-ring (bicyclic) bond motifs is 11. The van der Waals surface area contributed by atoms with E-state index in [-0.39, 0.29) is 0 Å². The Balaban J connectivity index is 1.48. The molecule has 3 aromatic carbocycles. The van der Waals surface area contributed by atoms with Gasteiger partial charge in [-0.2, -0.15) is 9.13 Å². The van der Waals surface area contributed by atoms with E-state index in [9.17, 15) is 0 Å². The molecule has 12 rings (SSSR count). The van der Waals surface area contributed by atoms with E-state index in [4.69, 9.17) is 9.72 Å². The lowest BCUT2D eigenvalue weighted by Gasteiger charge is -2.33. The average molecular weight is 539 g/mol. The van der Waals surface area contributed by atoms with Crippen LogP contribution < -0.4 is 13.9 Å². The third-order valence-corrected chi connectivity index (χ3v) is 9.83. The number of para-hydroxylation sites is 2. The molecular formula is C35H18N6O+2. The number of benzene rings is 3. The molecule has 192 valence electrons. The number of rotatable bonds is 0. The fourth-order valence-corrected chi connectivity index (χ4v) is 8.52. The van der Waals surface area contributed by atoms with Crippen molar-refractivity contribution in [1.29, 1.82) is 0 Å². The molecule has 7 nitrogen and oxygen atoms in total. The first kappa shape index (κ1) is 20.1. The quantitative estimate of drug-likeness (QED) is 0.179. The molecule has 0 saturated heterocycles. The van der Waals surface area contributed by atoms with Crippen LogP contribution in [0.3, 0.4) is 0 Å². The Labute approximate surface area is 236 Å². The summed E-state index contributed by atoms with van der Waals surface area (Å²) in [6, 6.07) is 32.7. The van der Waals surface area contributed by atoms with E-state index in [1.54, 1.807) is 6.33 Å². The minimum atomic E-state index is -0.718. The molecule has 3 aliphatic heterocycles. The molecule has 7 heteroatoms. The van der Waals surface area contributed by atoms with Crippen LogP contribution in [0, 0.1) is 0 Å². The zero-order chi connectivity index (χ0) is 26.9. The van der Waals surface area contributed by atoms with Gasteiger partial charge in [-0.25, -0.2) is 9.97 Å². The van der Waals surface area contributed by atoms with Crippen molar-refractivity contribution in [3.63, 3.8) is 0 Å². The predicted octanol–water partition coefficient (Wildman–Crippen LogP) is 5.89. The molecule has 3 aliphatic rings. The molecule has 0 N–H and O–H groups in total. The van der Waals surface area contributed by atoms with Crippen LogP contribution in [-0.2, 0) is 5.66 Å². The van der Waals surface area contributed by atoms with Gasteiger partial charge in [0.25, 0.3) is 5.82 Å². The van der Waals surface area contributed by atoms with E-state index in [0.717, 1.165) is 50.5 Å². The highest BCUT2D eigenvalue weighted by Crippen LogP contribution is 2.55. The number of hydrogen-bond donors (Lipinski definition) is 0. The highest BCUT2D eigenvalue weighted by Gasteiger charge is 2.68. The predicted molar refractivity (Wildman–Crippen MR) is 158 cm³/mol. The maximum atomic E-state index is 6.86. The fourth-order valence-electron chi connectivity index (χ4n) is 8.52. The van der Waals surface area contributed by atoms with Gasteiger partial charge < -0.3 is 4.74 Å². The Bertz CT molecular complexity index is 2790. The molecule has 0 amide bonds. The van der Waals surface area contributed by atoms with Crippen molar-refractivity contribution < 1.29 is 13.9 Å². The van der Waals surface area contributed by atoms with E-state index in [1.807, 2.05) is 6.20 Å². The molecule has 0 fully saturated rings. The molecule has 9 heterocycles. The van der Waals surface area contributed by atoms with E-state index in [0.29, 0.717) is 0 Å². The van der Waals surface area contributed by atoms with Gasteiger partial charge in [0.1, 0.15) is 28.4 Å². The summed E-state index contributed by atoms with van der Waals surface area (Å²) in [7, 11) is 0. The number of aromatic nitrogens is 6. The second kappa shape index (κ2) is 6.24. The average Bonchev–Trinajstić information content (AvgIpc) is 3.68. The summed E-state index contributed by atoms with van der Waals surface area (Å²) in [4.78, 5) is 9.32. The summed E-state index contributed by atoms with van der Waals surface area (Å²) in [5, 5.41) is 4.76. The fraction of sp³-hybridized carbons (Fsp3) is 0.0286. The van der Waals surface area contributed by atoms with Crippen LogP contribution in [0.2, 0.25) is 0 Å². The molecular weight excluding hydrogens is 520 g/mol. The summed E-state index contributed by atoms with van der Waals surface area (Å²) in [6.07, 6.45) is 5.83. The van der Waals surface area contributed by atoms with Crippen LogP contribution in [0.15, 0.2) is 110 Å². The molecule has 1 spiro atoms. The van der Waals surface area contributed by atoms with Crippen LogP contribution in [0.5, 0.6) is 11.6 Å². The first-order valence-electron chi connectivity index (χ1n) is 14.2. The monoisotopic (exact) mass is 538 g/mol. The van der Waals surface area contributed by atoms with Crippen LogP contribution >= 0.6 is 0 Å². The lowest BCUT2D eigenvalue weighted by atomic mass is 9.86. The summed E-state index contributed by atoms with van der Waals surface area (Å²) in [5.74, 6) is 2.82. The van der Waals surface area contributed by atoms with E-state index < -0.39 is 5.66 Å². The zero-order valence-corrected chi connectivity index (χ0v) is 22.0. The SMILES string of the molecule is c1cc[n+]2c(c1)-n1c3ccccc3c3ccc4c(c31)C21c2c3ccccc3n3c5cncnc5c5ccc([n+]1c5c23)O4. The van der Waals surface area contributed by atoms with Crippen molar-refractivity contribution in [3.8, 4) is 17.4 Å². The Kier molecular flexibility index (Phi) is 2.99. The van der Waals surface area contributed by atoms with Gasteiger partial charge in [0.2, 0.25) is 5.52 Å². The summed E-state index contributed by atoms with van der Waals surface area (Å²) in [5.41, 5.74) is 9.46. The Hall–Kier alpha value is -5.82. The Morgan fingerprint density at radius 1 is 0.690 bits per heavy atom. The molecule has 0 aliphatic carbocycles. The summed E-state index contributed by atoms with van der Waals surface area (Å²) >= 11 is 0. The van der Waals surface area contributed by atoms with Crippen molar-refractivity contribution >= 4 is 60.2 Å². The molecule has 0 saturated carbocycles. The molecule has 6 aromatic heterocycles. The smallest absolute Gasteiger partial charge is 0.378 e. The third-order valence-electron chi connectivity index (χ3n) is 9.83. The van der Waals surface area contributed by atoms with Gasteiger partial charge in [-0.1, -0.05) is 36.4 Å². The third kappa shape index (κ3) is 1.81. The van der Waals surface area contributed by atoms with Crippen LogP contribution in [-0.4, -0.2) is 18.9 Å². The van der Waals surface area contributed by atoms with Crippen molar-refractivity contribution in [2.45, 2.75) is 5.66 Å². The number of hydrogen-bond acceptors (Lipinski definition) is 3. The molecule has 42 heavy (non-hydrogen) atoms. The van der Waals surface area contributed by atoms with Gasteiger partial charge in [0.05, 0.1) is 34.9 Å². The Morgan fingerprint density at radius 3 is 2.48 bits per heavy atom. The lowest BCUT2D eigenvalue weighted by molar-refractivity contribution is -0.958. The number of ether oxygens (including phenoxy) is 1. The van der Waals surface area contributed by atoms with E-state index in [2.05, 4.69) is 120 Å². The van der Waals surface area contributed by atoms with Crippen molar-refractivity contribution in [3.05, 3.63) is 121 Å². The summed E-state index contributed by atoms with van der Waals surface area (Å²) < 4.78 is 16.6. The van der Waals surface area contributed by atoms with Gasteiger partial charge >= 0.3 is 11.5 Å². The van der Waals surface area contributed by atoms with Crippen molar-refractivity contribution in [2.24, 2.45) is 0 Å². The molecule has 1 unspecified atom stereocenters. The van der Waals surface area contributed by atoms with Crippen molar-refractivity contribution in [1.82, 2.24) is 18.9 Å². The summed E-state index contributed by atoms with van der Waals surface area (Å²) in [6.45, 7) is 0. The van der Waals surface area contributed by atoms with Crippen LogP contribution in [0.25, 0.3) is 66.0 Å². The molecule has 9 aromatic rings. The molecule has 0 radical (unpaired) electrons. The van der Waals surface area contributed by atoms with Gasteiger partial charge in [-0.15, -0.1) is 4.57 Å². The standard InChI is InChI=1S/C35H18N6O/c1-3-9-23-19(7-1)20-12-14-26-30-32(20)40(23)27-11-5-6-16-38(27)35(30)29-21-8-2-4-10-24(21)39-25-17-36-18-37-31(25)22-13-15-28(42-26)41(35)33(22)34(29)39/h1-18H/q+2. The second-order valence-corrected chi connectivity index (χ2v) is 11.5. The van der Waals surface area contributed by atoms with Crippen LogP contribution in [0.4, 0.5) is 0 Å². The second-order valence-electron chi connectivity index (χ2n) is 11.5. The highest BCUT2D eigenvalue weighted by atomic mass is 16.5. The van der Waals surface area contributed by atoms with E-state index >= 15 is 0 Å². The maximum absolute atomic E-state index is 6.86. The maximum Gasteiger partial charge on any atom is 0.378 e. The van der Waals surface area contributed by atoms with Gasteiger partial charge in [-0.05, 0) is 42.5 Å². The highest BCUT2D eigenvalue weighted by molar-refractivity contribution is 6.16. The number of nitrogens with zero attached hydrogens (tertiary/aromatic N) is 6. The van der Waals surface area contributed by atoms with Crippen molar-refractivity contribution in [2.75, 3.05) is 0 Å². The minimum absolute atomic E-state index is 0.718. The van der Waals surface area contributed by atoms with Gasteiger partial charge in [-0.3, -0.25) is 4.40 Å². The normalized spacial score (nSPS) is 17.3. The molecule has 0 bridgehead atoms. The van der Waals surface area contributed by atoms with Gasteiger partial charge in [0.15, 0.2) is 16.8 Å². The van der Waals surface area contributed by atoms with Gasteiger partial charge in [0, 0.05) is 22.2 Å². The lowest BCUT2D eigenvalue weighted by Crippen LogP contribution is -2.76. The zero-order valence-electron chi connectivity index (χ0n) is 22.0. The van der Waals surface area contributed by atoms with Crippen LogP contribution in [0.1, 0.15) is 11.1 Å². The first-order valence-corrected chi connectivity index (χ1v) is 14.2. The minimum Gasteiger partial charge on any atom is -0.404 e. The number of pyridine rings is 3. The molecule has 1 atom stereocenters. The van der Waals surface area contributed by atoms with E-state index in [1.165, 1.54) is 38.3 Å². The topological polar surface area (TPSA) is 52.1 Å².